The Labute approximate surface area is 111 Å². The van der Waals surface area contributed by atoms with E-state index in [9.17, 15) is 0 Å². The minimum Gasteiger partial charge on any atom is -0.378 e. The van der Waals surface area contributed by atoms with Crippen molar-refractivity contribution >= 4 is 5.69 Å². The summed E-state index contributed by atoms with van der Waals surface area (Å²) in [7, 11) is 4.15. The van der Waals surface area contributed by atoms with Crippen LogP contribution in [-0.4, -0.2) is 14.1 Å². The first-order chi connectivity index (χ1) is 8.58. The van der Waals surface area contributed by atoms with E-state index in [4.69, 9.17) is 5.73 Å². The van der Waals surface area contributed by atoms with Crippen LogP contribution in [0, 0.1) is 11.8 Å². The Morgan fingerprint density at radius 1 is 1.17 bits per heavy atom. The molecule has 100 valence electrons. The molecular weight excluding hydrogens is 220 g/mol. The molecule has 1 aromatic carbocycles. The summed E-state index contributed by atoms with van der Waals surface area (Å²) in [5, 5.41) is 0. The number of rotatable bonds is 3. The fourth-order valence-electron chi connectivity index (χ4n) is 2.93. The topological polar surface area (TPSA) is 29.3 Å². The minimum atomic E-state index is 0.206. The lowest BCUT2D eigenvalue weighted by Crippen LogP contribution is -2.25. The van der Waals surface area contributed by atoms with Crippen molar-refractivity contribution in [3.05, 3.63) is 29.8 Å². The molecule has 2 heteroatoms. The third-order valence-electron chi connectivity index (χ3n) is 4.34. The molecule has 0 aromatic heterocycles. The first-order valence-electron chi connectivity index (χ1n) is 7.11. The van der Waals surface area contributed by atoms with E-state index in [-0.39, 0.29) is 6.04 Å². The molecule has 2 rings (SSSR count). The molecule has 0 saturated heterocycles. The summed E-state index contributed by atoms with van der Waals surface area (Å²) in [6.07, 6.45) is 5.25. The predicted octanol–water partition coefficient (Wildman–Crippen LogP) is 3.58. The summed E-state index contributed by atoms with van der Waals surface area (Å²) >= 11 is 0. The molecule has 0 amide bonds. The monoisotopic (exact) mass is 246 g/mol. The van der Waals surface area contributed by atoms with Gasteiger partial charge in [-0.05, 0) is 42.4 Å². The fourth-order valence-corrected chi connectivity index (χ4v) is 2.93. The lowest BCUT2D eigenvalue weighted by atomic mass is 9.77. The van der Waals surface area contributed by atoms with E-state index in [1.54, 1.807) is 0 Å². The third-order valence-corrected chi connectivity index (χ3v) is 4.34. The van der Waals surface area contributed by atoms with Gasteiger partial charge in [0.25, 0.3) is 0 Å². The molecule has 1 fully saturated rings. The molecule has 0 bridgehead atoms. The maximum absolute atomic E-state index is 6.47. The number of nitrogens with zero attached hydrogens (tertiary/aromatic N) is 1. The summed E-state index contributed by atoms with van der Waals surface area (Å²) in [6, 6.07) is 8.88. The molecule has 1 aliphatic carbocycles. The average molecular weight is 246 g/mol. The van der Waals surface area contributed by atoms with Gasteiger partial charge in [0.05, 0.1) is 0 Å². The second-order valence-corrected chi connectivity index (χ2v) is 6.04. The SMILES string of the molecule is CC1CCC(C(N)c2cccc(N(C)C)c2)CC1. The van der Waals surface area contributed by atoms with Gasteiger partial charge in [0.15, 0.2) is 0 Å². The van der Waals surface area contributed by atoms with Crippen molar-refractivity contribution in [2.75, 3.05) is 19.0 Å². The lowest BCUT2D eigenvalue weighted by molar-refractivity contribution is 0.256. The van der Waals surface area contributed by atoms with Gasteiger partial charge in [-0.1, -0.05) is 31.9 Å². The first-order valence-corrected chi connectivity index (χ1v) is 7.11. The van der Waals surface area contributed by atoms with Crippen molar-refractivity contribution in [1.29, 1.82) is 0 Å². The quantitative estimate of drug-likeness (QED) is 0.883. The van der Waals surface area contributed by atoms with E-state index in [0.29, 0.717) is 5.92 Å². The molecular formula is C16H26N2. The van der Waals surface area contributed by atoms with Crippen LogP contribution in [0.5, 0.6) is 0 Å². The van der Waals surface area contributed by atoms with E-state index < -0.39 is 0 Å². The van der Waals surface area contributed by atoms with Crippen LogP contribution in [0.15, 0.2) is 24.3 Å². The summed E-state index contributed by atoms with van der Waals surface area (Å²) in [6.45, 7) is 2.36. The van der Waals surface area contributed by atoms with Crippen molar-refractivity contribution in [2.45, 2.75) is 38.6 Å². The first kappa shape index (κ1) is 13.4. The maximum Gasteiger partial charge on any atom is 0.0364 e. The molecule has 2 nitrogen and oxygen atoms in total. The number of nitrogens with two attached hydrogens (primary N) is 1. The van der Waals surface area contributed by atoms with Crippen LogP contribution in [-0.2, 0) is 0 Å². The van der Waals surface area contributed by atoms with Crippen LogP contribution in [0.1, 0.15) is 44.2 Å². The average Bonchev–Trinajstić information content (AvgIpc) is 2.39. The molecule has 1 aliphatic rings. The van der Waals surface area contributed by atoms with E-state index in [1.165, 1.54) is 36.9 Å². The number of hydrogen-bond donors (Lipinski definition) is 1. The van der Waals surface area contributed by atoms with Gasteiger partial charge >= 0.3 is 0 Å². The smallest absolute Gasteiger partial charge is 0.0364 e. The number of hydrogen-bond acceptors (Lipinski definition) is 2. The van der Waals surface area contributed by atoms with Crippen molar-refractivity contribution in [3.63, 3.8) is 0 Å². The highest BCUT2D eigenvalue weighted by molar-refractivity contribution is 5.47. The lowest BCUT2D eigenvalue weighted by Gasteiger charge is -2.31. The Balaban J connectivity index is 2.08. The maximum atomic E-state index is 6.47. The second-order valence-electron chi connectivity index (χ2n) is 6.04. The van der Waals surface area contributed by atoms with Crippen LogP contribution in [0.4, 0.5) is 5.69 Å². The highest BCUT2D eigenvalue weighted by Crippen LogP contribution is 2.36. The number of benzene rings is 1. The van der Waals surface area contributed by atoms with Gasteiger partial charge in [-0.3, -0.25) is 0 Å². The zero-order valence-corrected chi connectivity index (χ0v) is 11.9. The van der Waals surface area contributed by atoms with Crippen LogP contribution in [0.2, 0.25) is 0 Å². The fraction of sp³-hybridized carbons (Fsp3) is 0.625. The molecule has 1 saturated carbocycles. The molecule has 0 heterocycles. The van der Waals surface area contributed by atoms with E-state index >= 15 is 0 Å². The molecule has 0 radical (unpaired) electrons. The molecule has 0 spiro atoms. The van der Waals surface area contributed by atoms with Gasteiger partial charge in [0.1, 0.15) is 0 Å². The molecule has 1 unspecified atom stereocenters. The Hall–Kier alpha value is -1.02. The Bertz CT molecular complexity index is 378. The Kier molecular flexibility index (Phi) is 4.28. The molecule has 0 aliphatic heterocycles. The summed E-state index contributed by atoms with van der Waals surface area (Å²) in [4.78, 5) is 2.14. The normalized spacial score (nSPS) is 25.8. The van der Waals surface area contributed by atoms with Gasteiger partial charge in [-0.25, -0.2) is 0 Å². The molecule has 1 atom stereocenters. The highest BCUT2D eigenvalue weighted by Gasteiger charge is 2.24. The molecule has 2 N–H and O–H groups in total. The van der Waals surface area contributed by atoms with Crippen LogP contribution >= 0.6 is 0 Å². The largest absolute Gasteiger partial charge is 0.378 e. The van der Waals surface area contributed by atoms with Gasteiger partial charge in [-0.2, -0.15) is 0 Å². The standard InChI is InChI=1S/C16H26N2/c1-12-7-9-13(10-8-12)16(17)14-5-4-6-15(11-14)18(2)3/h4-6,11-13,16H,7-10,17H2,1-3H3. The van der Waals surface area contributed by atoms with Crippen molar-refractivity contribution in [3.8, 4) is 0 Å². The van der Waals surface area contributed by atoms with Gasteiger partial charge in [0, 0.05) is 25.8 Å². The third kappa shape index (κ3) is 3.05. The van der Waals surface area contributed by atoms with E-state index in [2.05, 4.69) is 50.2 Å². The predicted molar refractivity (Wildman–Crippen MR) is 78.8 cm³/mol. The summed E-state index contributed by atoms with van der Waals surface area (Å²) in [5.41, 5.74) is 9.00. The van der Waals surface area contributed by atoms with Crippen LogP contribution < -0.4 is 10.6 Å². The van der Waals surface area contributed by atoms with E-state index in [0.717, 1.165) is 5.92 Å². The van der Waals surface area contributed by atoms with Gasteiger partial charge in [-0.15, -0.1) is 0 Å². The van der Waals surface area contributed by atoms with Crippen LogP contribution in [0.3, 0.4) is 0 Å². The van der Waals surface area contributed by atoms with Crippen molar-refractivity contribution in [2.24, 2.45) is 17.6 Å². The highest BCUT2D eigenvalue weighted by atomic mass is 15.1. The van der Waals surface area contributed by atoms with Gasteiger partial charge in [0.2, 0.25) is 0 Å². The minimum absolute atomic E-state index is 0.206. The van der Waals surface area contributed by atoms with Crippen molar-refractivity contribution in [1.82, 2.24) is 0 Å². The Morgan fingerprint density at radius 3 is 2.44 bits per heavy atom. The van der Waals surface area contributed by atoms with Crippen molar-refractivity contribution < 1.29 is 0 Å². The number of anilines is 1. The zero-order valence-electron chi connectivity index (χ0n) is 11.9. The van der Waals surface area contributed by atoms with E-state index in [1.807, 2.05) is 0 Å². The molecule has 1 aromatic rings. The summed E-state index contributed by atoms with van der Waals surface area (Å²) in [5.74, 6) is 1.56. The zero-order chi connectivity index (χ0) is 13.1. The van der Waals surface area contributed by atoms with Gasteiger partial charge < -0.3 is 10.6 Å². The molecule has 18 heavy (non-hydrogen) atoms. The summed E-state index contributed by atoms with van der Waals surface area (Å²) < 4.78 is 0. The Morgan fingerprint density at radius 2 is 1.83 bits per heavy atom. The second kappa shape index (κ2) is 5.75. The van der Waals surface area contributed by atoms with Crippen LogP contribution in [0.25, 0.3) is 0 Å².